The highest BCUT2D eigenvalue weighted by atomic mass is 16.6. The first kappa shape index (κ1) is 22.1. The quantitative estimate of drug-likeness (QED) is 0.289. The Morgan fingerprint density at radius 2 is 1.28 bits per heavy atom. The van der Waals surface area contributed by atoms with E-state index in [9.17, 15) is 34.8 Å². The zero-order chi connectivity index (χ0) is 23.3. The van der Waals surface area contributed by atoms with Crippen LogP contribution in [-0.2, 0) is 11.4 Å². The minimum atomic E-state index is -1.30. The summed E-state index contributed by atoms with van der Waals surface area (Å²) in [5.41, 5.74) is 3.30. The van der Waals surface area contributed by atoms with Gasteiger partial charge >= 0.3 is 11.9 Å². The van der Waals surface area contributed by atoms with Crippen LogP contribution >= 0.6 is 0 Å². The van der Waals surface area contributed by atoms with Crippen molar-refractivity contribution in [3.8, 4) is 11.5 Å². The molecule has 0 saturated heterocycles. The molecule has 0 aliphatic heterocycles. The summed E-state index contributed by atoms with van der Waals surface area (Å²) < 4.78 is 0. The number of amides is 1. The lowest BCUT2D eigenvalue weighted by Gasteiger charge is -2.11. The van der Waals surface area contributed by atoms with Crippen molar-refractivity contribution in [2.45, 2.75) is 6.61 Å². The van der Waals surface area contributed by atoms with E-state index in [0.29, 0.717) is 11.4 Å². The maximum absolute atomic E-state index is 12.4. The monoisotopic (exact) mass is 438 g/mol. The van der Waals surface area contributed by atoms with Gasteiger partial charge in [0.05, 0.1) is 22.4 Å². The van der Waals surface area contributed by atoms with E-state index >= 15 is 0 Å². The van der Waals surface area contributed by atoms with E-state index in [4.69, 9.17) is 4.84 Å². The molecule has 0 unspecified atom stereocenters. The fraction of sp³-hybridized carbons (Fsp3) is 0.0455. The number of carbonyl (C=O) groups is 3. The van der Waals surface area contributed by atoms with Crippen LogP contribution in [0.5, 0.6) is 11.5 Å². The number of hydrogen-bond acceptors (Lipinski definition) is 7. The number of aromatic carboxylic acids is 2. The number of carboxylic acids is 2. The Bertz CT molecular complexity index is 1180. The first-order valence-electron chi connectivity index (χ1n) is 9.15. The Labute approximate surface area is 181 Å². The summed E-state index contributed by atoms with van der Waals surface area (Å²) in [7, 11) is 0. The van der Waals surface area contributed by atoms with Gasteiger partial charge in [-0.05, 0) is 66.2 Å². The van der Waals surface area contributed by atoms with E-state index in [1.165, 1.54) is 36.4 Å². The molecule has 164 valence electrons. The van der Waals surface area contributed by atoms with Crippen molar-refractivity contribution in [2.75, 3.05) is 10.8 Å². The van der Waals surface area contributed by atoms with Crippen molar-refractivity contribution < 1.29 is 39.6 Å². The van der Waals surface area contributed by atoms with Gasteiger partial charge in [0.25, 0.3) is 5.91 Å². The van der Waals surface area contributed by atoms with Crippen molar-refractivity contribution in [2.24, 2.45) is 0 Å². The molecule has 1 amide bonds. The molecule has 3 rings (SSSR count). The average Bonchev–Trinajstić information content (AvgIpc) is 2.74. The lowest BCUT2D eigenvalue weighted by molar-refractivity contribution is 0.0682. The molecule has 3 aromatic carbocycles. The second kappa shape index (κ2) is 9.49. The van der Waals surface area contributed by atoms with Gasteiger partial charge in [-0.3, -0.25) is 15.1 Å². The van der Waals surface area contributed by atoms with Gasteiger partial charge in [0.2, 0.25) is 0 Å². The average molecular weight is 438 g/mol. The number of phenolic OH excluding ortho intramolecular Hbond substituents is 2. The lowest BCUT2D eigenvalue weighted by atomic mass is 10.1. The third kappa shape index (κ3) is 5.32. The minimum absolute atomic E-state index is 0.00432. The molecule has 0 heterocycles. The Balaban J connectivity index is 1.62. The Hall–Kier alpha value is -4.57. The molecule has 0 aromatic heterocycles. The van der Waals surface area contributed by atoms with Gasteiger partial charge in [0, 0.05) is 5.69 Å². The van der Waals surface area contributed by atoms with Gasteiger partial charge in [-0.2, -0.15) is 0 Å². The van der Waals surface area contributed by atoms with Crippen molar-refractivity contribution in [3.63, 3.8) is 0 Å². The number of carboxylic acid groups (broad SMARTS) is 2. The van der Waals surface area contributed by atoms with Crippen molar-refractivity contribution in [3.05, 3.63) is 82.9 Å². The second-order valence-electron chi connectivity index (χ2n) is 6.60. The molecule has 6 N–H and O–H groups in total. The topological polar surface area (TPSA) is 165 Å². The summed E-state index contributed by atoms with van der Waals surface area (Å²) in [5, 5.41) is 40.0. The van der Waals surface area contributed by atoms with Crippen LogP contribution in [0.3, 0.4) is 0 Å². The number of rotatable bonds is 8. The number of phenols is 2. The SMILES string of the molecule is O=C(O)c1ccc(O)cc1CONc1ccc(NC(=O)c2cc(O)ccc2C(=O)O)cc1. The van der Waals surface area contributed by atoms with E-state index in [2.05, 4.69) is 10.8 Å². The van der Waals surface area contributed by atoms with Gasteiger partial charge in [-0.15, -0.1) is 0 Å². The van der Waals surface area contributed by atoms with Crippen LogP contribution in [-0.4, -0.2) is 38.3 Å². The predicted molar refractivity (Wildman–Crippen MR) is 113 cm³/mol. The summed E-state index contributed by atoms with van der Waals surface area (Å²) >= 11 is 0. The Kier molecular flexibility index (Phi) is 6.56. The lowest BCUT2D eigenvalue weighted by Crippen LogP contribution is -2.16. The zero-order valence-corrected chi connectivity index (χ0v) is 16.4. The molecule has 0 bridgehead atoms. The summed E-state index contributed by atoms with van der Waals surface area (Å²) in [5.74, 6) is -3.49. The van der Waals surface area contributed by atoms with E-state index < -0.39 is 17.8 Å². The molecule has 10 heteroatoms. The van der Waals surface area contributed by atoms with Gasteiger partial charge in [0.1, 0.15) is 18.1 Å². The molecule has 3 aromatic rings. The highest BCUT2D eigenvalue weighted by Gasteiger charge is 2.17. The fourth-order valence-corrected chi connectivity index (χ4v) is 2.83. The summed E-state index contributed by atoms with van der Waals surface area (Å²) in [6, 6.07) is 13.4. The van der Waals surface area contributed by atoms with Crippen LogP contribution in [0, 0.1) is 0 Å². The molecule has 0 saturated carbocycles. The minimum Gasteiger partial charge on any atom is -0.508 e. The van der Waals surface area contributed by atoms with Gasteiger partial charge in [-0.25, -0.2) is 9.59 Å². The third-order valence-corrected chi connectivity index (χ3v) is 4.36. The van der Waals surface area contributed by atoms with Crippen molar-refractivity contribution >= 4 is 29.2 Å². The molecule has 0 radical (unpaired) electrons. The summed E-state index contributed by atoms with van der Waals surface area (Å²) in [6.45, 7) is -0.135. The van der Waals surface area contributed by atoms with Crippen molar-refractivity contribution in [1.29, 1.82) is 0 Å². The molecular weight excluding hydrogens is 420 g/mol. The van der Waals surface area contributed by atoms with Crippen LogP contribution in [0.1, 0.15) is 36.6 Å². The Morgan fingerprint density at radius 3 is 1.91 bits per heavy atom. The van der Waals surface area contributed by atoms with E-state index in [1.807, 2.05) is 0 Å². The molecule has 0 spiro atoms. The molecule has 0 atom stereocenters. The Morgan fingerprint density at radius 1 is 0.719 bits per heavy atom. The molecule has 0 aliphatic rings. The highest BCUT2D eigenvalue weighted by molar-refractivity contribution is 6.11. The van der Waals surface area contributed by atoms with Gasteiger partial charge < -0.3 is 25.7 Å². The molecule has 10 nitrogen and oxygen atoms in total. The number of aromatic hydroxyl groups is 2. The number of anilines is 2. The third-order valence-electron chi connectivity index (χ3n) is 4.36. The van der Waals surface area contributed by atoms with E-state index in [-0.39, 0.29) is 40.4 Å². The molecular formula is C22H18N2O8. The van der Waals surface area contributed by atoms with Crippen LogP contribution in [0.25, 0.3) is 0 Å². The number of nitrogens with one attached hydrogen (secondary N) is 2. The van der Waals surface area contributed by atoms with E-state index in [1.54, 1.807) is 12.1 Å². The van der Waals surface area contributed by atoms with E-state index in [0.717, 1.165) is 12.1 Å². The van der Waals surface area contributed by atoms with Crippen LogP contribution in [0.4, 0.5) is 11.4 Å². The molecule has 32 heavy (non-hydrogen) atoms. The molecule has 0 fully saturated rings. The fourth-order valence-electron chi connectivity index (χ4n) is 2.83. The van der Waals surface area contributed by atoms with Gasteiger partial charge in [0.15, 0.2) is 0 Å². The number of benzene rings is 3. The largest absolute Gasteiger partial charge is 0.508 e. The number of carbonyl (C=O) groups excluding carboxylic acids is 1. The highest BCUT2D eigenvalue weighted by Crippen LogP contribution is 2.21. The van der Waals surface area contributed by atoms with Crippen LogP contribution < -0.4 is 10.8 Å². The van der Waals surface area contributed by atoms with Crippen LogP contribution in [0.2, 0.25) is 0 Å². The maximum atomic E-state index is 12.4. The normalized spacial score (nSPS) is 10.4. The maximum Gasteiger partial charge on any atom is 0.336 e. The number of hydrogen-bond donors (Lipinski definition) is 6. The zero-order valence-electron chi connectivity index (χ0n) is 16.4. The first-order valence-corrected chi connectivity index (χ1v) is 9.15. The first-order chi connectivity index (χ1) is 15.2. The summed E-state index contributed by atoms with van der Waals surface area (Å²) in [6.07, 6.45) is 0. The van der Waals surface area contributed by atoms with Gasteiger partial charge in [-0.1, -0.05) is 0 Å². The molecule has 0 aliphatic carbocycles. The van der Waals surface area contributed by atoms with Crippen LogP contribution in [0.15, 0.2) is 60.7 Å². The smallest absolute Gasteiger partial charge is 0.336 e. The predicted octanol–water partition coefficient (Wildman–Crippen LogP) is 3.29. The standard InChI is InChI=1S/C22H18N2O8/c25-15-5-7-17(21(28)29)12(9-15)11-32-24-14-3-1-13(2-4-14)23-20(27)19-10-16(26)6-8-18(19)22(30)31/h1-10,24-26H,11H2,(H,23,27)(H,28,29)(H,30,31). The van der Waals surface area contributed by atoms with Crippen molar-refractivity contribution in [1.82, 2.24) is 0 Å². The summed E-state index contributed by atoms with van der Waals surface area (Å²) in [4.78, 5) is 40.2. The second-order valence-corrected chi connectivity index (χ2v) is 6.60.